The van der Waals surface area contributed by atoms with Gasteiger partial charge < -0.3 is 0 Å². The number of benzene rings is 2. The van der Waals surface area contributed by atoms with Gasteiger partial charge in [-0.05, 0) is 27.8 Å². The molecule has 0 aliphatic carbocycles. The van der Waals surface area contributed by atoms with E-state index in [4.69, 9.17) is 0 Å². The summed E-state index contributed by atoms with van der Waals surface area (Å²) in [6.45, 7) is 0. The summed E-state index contributed by atoms with van der Waals surface area (Å²) in [5.41, 5.74) is 0.307. The van der Waals surface area contributed by atoms with Crippen molar-refractivity contribution in [1.82, 2.24) is 4.98 Å². The number of alkyl halides is 3. The van der Waals surface area contributed by atoms with Crippen LogP contribution in [0, 0.1) is 0 Å². The Morgan fingerprint density at radius 2 is 1.68 bits per heavy atom. The van der Waals surface area contributed by atoms with Gasteiger partial charge in [0.1, 0.15) is 0 Å². The third-order valence-electron chi connectivity index (χ3n) is 3.14. The number of rotatable bonds is 1. The minimum atomic E-state index is -4.20. The van der Waals surface area contributed by atoms with E-state index in [0.717, 1.165) is 16.2 Å². The van der Waals surface area contributed by atoms with Crippen molar-refractivity contribution in [2.75, 3.05) is 0 Å². The summed E-state index contributed by atoms with van der Waals surface area (Å²) in [4.78, 5) is 4.05. The van der Waals surface area contributed by atoms with E-state index < -0.39 is 12.6 Å². The van der Waals surface area contributed by atoms with Crippen LogP contribution in [0.15, 0.2) is 48.8 Å². The SMILES string of the molecule is FC(F)(F)Cc1cc2ccncc2c2ccccc12. The van der Waals surface area contributed by atoms with Gasteiger partial charge in [0.15, 0.2) is 0 Å². The molecule has 0 saturated heterocycles. The van der Waals surface area contributed by atoms with Crippen LogP contribution in [0.3, 0.4) is 0 Å². The van der Waals surface area contributed by atoms with E-state index in [9.17, 15) is 13.2 Å². The van der Waals surface area contributed by atoms with Gasteiger partial charge in [-0.1, -0.05) is 30.3 Å². The molecule has 0 spiro atoms. The standard InChI is InChI=1S/C15H10F3N/c16-15(17,18)8-11-7-10-5-6-19-9-14(10)13-4-2-1-3-12(11)13/h1-7,9H,8H2. The summed E-state index contributed by atoms with van der Waals surface area (Å²) < 4.78 is 38.0. The Kier molecular flexibility index (Phi) is 2.66. The molecule has 1 aromatic heterocycles. The molecule has 0 bridgehead atoms. The van der Waals surface area contributed by atoms with Gasteiger partial charge in [-0.3, -0.25) is 4.98 Å². The third-order valence-corrected chi connectivity index (χ3v) is 3.14. The molecule has 0 N–H and O–H groups in total. The van der Waals surface area contributed by atoms with Crippen molar-refractivity contribution in [3.63, 3.8) is 0 Å². The van der Waals surface area contributed by atoms with Crippen molar-refractivity contribution in [3.05, 3.63) is 54.4 Å². The molecule has 1 nitrogen and oxygen atoms in total. The molecule has 19 heavy (non-hydrogen) atoms. The fourth-order valence-corrected chi connectivity index (χ4v) is 2.38. The molecule has 0 saturated carbocycles. The molecule has 0 fully saturated rings. The van der Waals surface area contributed by atoms with Gasteiger partial charge >= 0.3 is 6.18 Å². The normalized spacial score (nSPS) is 12.2. The Morgan fingerprint density at radius 1 is 0.947 bits per heavy atom. The Morgan fingerprint density at radius 3 is 2.42 bits per heavy atom. The van der Waals surface area contributed by atoms with Crippen LogP contribution in [0.1, 0.15) is 5.56 Å². The van der Waals surface area contributed by atoms with Crippen LogP contribution in [0.5, 0.6) is 0 Å². The monoisotopic (exact) mass is 261 g/mol. The molecule has 0 amide bonds. The molecule has 3 aromatic rings. The number of hydrogen-bond donors (Lipinski definition) is 0. The number of aromatic nitrogens is 1. The summed E-state index contributed by atoms with van der Waals surface area (Å²) >= 11 is 0. The van der Waals surface area contributed by atoms with Gasteiger partial charge in [0.2, 0.25) is 0 Å². The molecular formula is C15H10F3N. The van der Waals surface area contributed by atoms with E-state index in [1.807, 2.05) is 12.1 Å². The van der Waals surface area contributed by atoms with Crippen molar-refractivity contribution in [3.8, 4) is 0 Å². The predicted molar refractivity (Wildman–Crippen MR) is 69.0 cm³/mol. The topological polar surface area (TPSA) is 12.9 Å². The molecule has 0 aliphatic rings. The Bertz CT molecular complexity index is 747. The zero-order valence-electron chi connectivity index (χ0n) is 9.91. The lowest BCUT2D eigenvalue weighted by Crippen LogP contribution is -2.11. The molecule has 3 rings (SSSR count). The Balaban J connectivity index is 2.36. The van der Waals surface area contributed by atoms with Crippen molar-refractivity contribution in [2.24, 2.45) is 0 Å². The van der Waals surface area contributed by atoms with Crippen molar-refractivity contribution in [2.45, 2.75) is 12.6 Å². The van der Waals surface area contributed by atoms with Crippen molar-refractivity contribution in [1.29, 1.82) is 0 Å². The molecule has 0 aliphatic heterocycles. The molecule has 2 aromatic carbocycles. The van der Waals surface area contributed by atoms with Gasteiger partial charge in [0, 0.05) is 17.8 Å². The predicted octanol–water partition coefficient (Wildman–Crippen LogP) is 4.49. The van der Waals surface area contributed by atoms with Crippen LogP contribution in [0.2, 0.25) is 0 Å². The summed E-state index contributed by atoms with van der Waals surface area (Å²) in [6, 6.07) is 10.5. The average Bonchev–Trinajstić information content (AvgIpc) is 2.37. The third kappa shape index (κ3) is 2.26. The smallest absolute Gasteiger partial charge is 0.264 e. The molecule has 96 valence electrons. The van der Waals surface area contributed by atoms with E-state index in [0.29, 0.717) is 10.9 Å². The lowest BCUT2D eigenvalue weighted by Gasteiger charge is -2.12. The van der Waals surface area contributed by atoms with E-state index in [1.165, 1.54) is 0 Å². The van der Waals surface area contributed by atoms with E-state index in [2.05, 4.69) is 4.98 Å². The van der Waals surface area contributed by atoms with E-state index >= 15 is 0 Å². The first kappa shape index (κ1) is 12.0. The lowest BCUT2D eigenvalue weighted by molar-refractivity contribution is -0.126. The van der Waals surface area contributed by atoms with Gasteiger partial charge in [0.05, 0.1) is 6.42 Å². The number of fused-ring (bicyclic) bond motifs is 3. The minimum Gasteiger partial charge on any atom is -0.264 e. The highest BCUT2D eigenvalue weighted by atomic mass is 19.4. The van der Waals surface area contributed by atoms with Crippen molar-refractivity contribution < 1.29 is 13.2 Å². The molecule has 0 unspecified atom stereocenters. The Hall–Kier alpha value is -2.10. The summed E-state index contributed by atoms with van der Waals surface area (Å²) in [5.74, 6) is 0. The molecule has 4 heteroatoms. The maximum atomic E-state index is 12.7. The van der Waals surface area contributed by atoms with Crippen LogP contribution < -0.4 is 0 Å². The average molecular weight is 261 g/mol. The summed E-state index contributed by atoms with van der Waals surface area (Å²) in [5, 5.41) is 3.12. The summed E-state index contributed by atoms with van der Waals surface area (Å²) in [6.07, 6.45) is -1.83. The van der Waals surface area contributed by atoms with Gasteiger partial charge in [-0.2, -0.15) is 13.2 Å². The van der Waals surface area contributed by atoms with Crippen molar-refractivity contribution >= 4 is 21.5 Å². The molecule has 0 atom stereocenters. The second-order valence-corrected chi connectivity index (χ2v) is 4.47. The highest BCUT2D eigenvalue weighted by Gasteiger charge is 2.28. The first-order valence-electron chi connectivity index (χ1n) is 5.86. The lowest BCUT2D eigenvalue weighted by atomic mass is 9.97. The highest BCUT2D eigenvalue weighted by Crippen LogP contribution is 2.31. The van der Waals surface area contributed by atoms with Crippen LogP contribution in [-0.4, -0.2) is 11.2 Å². The zero-order valence-corrected chi connectivity index (χ0v) is 9.91. The van der Waals surface area contributed by atoms with Gasteiger partial charge in [-0.25, -0.2) is 0 Å². The number of halogens is 3. The first-order valence-corrected chi connectivity index (χ1v) is 5.86. The zero-order chi connectivity index (χ0) is 13.5. The first-order chi connectivity index (χ1) is 9.04. The van der Waals surface area contributed by atoms with E-state index in [1.54, 1.807) is 36.7 Å². The van der Waals surface area contributed by atoms with Gasteiger partial charge in [-0.15, -0.1) is 0 Å². The summed E-state index contributed by atoms with van der Waals surface area (Å²) in [7, 11) is 0. The number of nitrogens with zero attached hydrogens (tertiary/aromatic N) is 1. The number of hydrogen-bond acceptors (Lipinski definition) is 1. The van der Waals surface area contributed by atoms with Crippen LogP contribution >= 0.6 is 0 Å². The highest BCUT2D eigenvalue weighted by molar-refractivity contribution is 6.08. The Labute approximate surface area is 107 Å². The van der Waals surface area contributed by atoms with Gasteiger partial charge in [0.25, 0.3) is 0 Å². The molecule has 0 radical (unpaired) electrons. The quantitative estimate of drug-likeness (QED) is 0.588. The fraction of sp³-hybridized carbons (Fsp3) is 0.133. The second-order valence-electron chi connectivity index (χ2n) is 4.47. The molecule has 1 heterocycles. The van der Waals surface area contributed by atoms with Crippen LogP contribution in [0.4, 0.5) is 13.2 Å². The van der Waals surface area contributed by atoms with E-state index in [-0.39, 0.29) is 0 Å². The van der Waals surface area contributed by atoms with Crippen LogP contribution in [-0.2, 0) is 6.42 Å². The largest absolute Gasteiger partial charge is 0.393 e. The van der Waals surface area contributed by atoms with Crippen LogP contribution in [0.25, 0.3) is 21.5 Å². The number of pyridine rings is 1. The molecular weight excluding hydrogens is 251 g/mol. The minimum absolute atomic E-state index is 0.307. The second kappa shape index (κ2) is 4.23. The fourth-order valence-electron chi connectivity index (χ4n) is 2.38. The maximum Gasteiger partial charge on any atom is 0.393 e. The maximum absolute atomic E-state index is 12.7.